The van der Waals surface area contributed by atoms with Crippen LogP contribution in [0.2, 0.25) is 5.15 Å². The van der Waals surface area contributed by atoms with Crippen LogP contribution in [0.25, 0.3) is 0 Å². The minimum absolute atomic E-state index is 0.184. The lowest BCUT2D eigenvalue weighted by molar-refractivity contribution is 0.0107. The molecule has 0 radical (unpaired) electrons. The van der Waals surface area contributed by atoms with Gasteiger partial charge >= 0.3 is 5.97 Å². The molecule has 0 aliphatic heterocycles. The van der Waals surface area contributed by atoms with E-state index in [-0.39, 0.29) is 10.7 Å². The highest BCUT2D eigenvalue weighted by atomic mass is 35.5. The summed E-state index contributed by atoms with van der Waals surface area (Å²) in [5.41, 5.74) is 0.184. The van der Waals surface area contributed by atoms with Crippen LogP contribution >= 0.6 is 22.9 Å². The summed E-state index contributed by atoms with van der Waals surface area (Å²) in [5.74, 6) is 2.22. The van der Waals surface area contributed by atoms with E-state index in [0.717, 1.165) is 22.9 Å². The van der Waals surface area contributed by atoms with Gasteiger partial charge in [-0.15, -0.1) is 0 Å². The first kappa shape index (κ1) is 13.8. The quantitative estimate of drug-likeness (QED) is 0.854. The van der Waals surface area contributed by atoms with Crippen LogP contribution in [-0.4, -0.2) is 23.6 Å². The minimum Gasteiger partial charge on any atom is -0.465 e. The SMILES string of the molecule is COC(=O)c1sc(NC23CC4CC(CC(C4)C2)C3)nc1Cl. The summed E-state index contributed by atoms with van der Waals surface area (Å²) in [6.45, 7) is 0. The van der Waals surface area contributed by atoms with Crippen molar-refractivity contribution in [1.29, 1.82) is 0 Å². The number of ether oxygens (including phenoxy) is 1. The van der Waals surface area contributed by atoms with Crippen molar-refractivity contribution in [3.05, 3.63) is 10.0 Å². The van der Waals surface area contributed by atoms with Gasteiger partial charge < -0.3 is 10.1 Å². The van der Waals surface area contributed by atoms with E-state index in [0.29, 0.717) is 4.88 Å². The fourth-order valence-electron chi connectivity index (χ4n) is 5.06. The number of rotatable bonds is 3. The van der Waals surface area contributed by atoms with E-state index < -0.39 is 5.97 Å². The minimum atomic E-state index is -0.406. The summed E-state index contributed by atoms with van der Waals surface area (Å²) in [6, 6.07) is 0. The first-order valence-corrected chi connectivity index (χ1v) is 8.79. The van der Waals surface area contributed by atoms with Gasteiger partial charge in [-0.2, -0.15) is 0 Å². The van der Waals surface area contributed by atoms with E-state index in [2.05, 4.69) is 10.3 Å². The number of halogens is 1. The Bertz CT molecular complexity index is 551. The molecule has 4 nitrogen and oxygen atoms in total. The van der Waals surface area contributed by atoms with Gasteiger partial charge in [-0.05, 0) is 56.3 Å². The summed E-state index contributed by atoms with van der Waals surface area (Å²) in [5, 5.41) is 4.66. The van der Waals surface area contributed by atoms with Gasteiger partial charge in [0.25, 0.3) is 0 Å². The highest BCUT2D eigenvalue weighted by molar-refractivity contribution is 7.18. The van der Waals surface area contributed by atoms with Gasteiger partial charge in [0.05, 0.1) is 7.11 Å². The zero-order chi connectivity index (χ0) is 14.6. The first-order chi connectivity index (χ1) is 10.1. The Kier molecular flexibility index (Phi) is 3.19. The Hall–Kier alpha value is -0.810. The molecular weight excluding hydrogens is 308 g/mol. The molecule has 0 aromatic carbocycles. The van der Waals surface area contributed by atoms with Crippen molar-refractivity contribution in [2.24, 2.45) is 17.8 Å². The summed E-state index contributed by atoms with van der Waals surface area (Å²) < 4.78 is 4.74. The molecule has 1 aromatic rings. The maximum absolute atomic E-state index is 11.6. The molecule has 0 atom stereocenters. The van der Waals surface area contributed by atoms with Crippen molar-refractivity contribution in [2.45, 2.75) is 44.1 Å². The average Bonchev–Trinajstić information content (AvgIpc) is 2.76. The molecule has 0 saturated heterocycles. The van der Waals surface area contributed by atoms with Crippen molar-refractivity contribution in [1.82, 2.24) is 4.98 Å². The topological polar surface area (TPSA) is 51.2 Å². The molecule has 4 fully saturated rings. The number of thiazole rings is 1. The molecule has 4 aliphatic carbocycles. The van der Waals surface area contributed by atoms with Gasteiger partial charge in [-0.1, -0.05) is 22.9 Å². The van der Waals surface area contributed by atoms with Crippen molar-refractivity contribution >= 4 is 34.0 Å². The number of hydrogen-bond donors (Lipinski definition) is 1. The van der Waals surface area contributed by atoms with E-state index in [9.17, 15) is 4.79 Å². The Morgan fingerprint density at radius 2 is 1.86 bits per heavy atom. The van der Waals surface area contributed by atoms with Crippen molar-refractivity contribution in [2.75, 3.05) is 12.4 Å². The van der Waals surface area contributed by atoms with Crippen LogP contribution in [0, 0.1) is 17.8 Å². The van der Waals surface area contributed by atoms with E-state index in [1.807, 2.05) is 0 Å². The van der Waals surface area contributed by atoms with Gasteiger partial charge in [-0.25, -0.2) is 9.78 Å². The molecule has 4 bridgehead atoms. The van der Waals surface area contributed by atoms with Crippen LogP contribution in [0.4, 0.5) is 5.13 Å². The second-order valence-electron chi connectivity index (χ2n) is 6.95. The molecule has 5 rings (SSSR count). The highest BCUT2D eigenvalue weighted by Crippen LogP contribution is 2.56. The lowest BCUT2D eigenvalue weighted by Crippen LogP contribution is -2.54. The highest BCUT2D eigenvalue weighted by Gasteiger charge is 2.51. The predicted molar refractivity (Wildman–Crippen MR) is 83.0 cm³/mol. The molecule has 0 amide bonds. The molecule has 4 aliphatic rings. The van der Waals surface area contributed by atoms with Crippen molar-refractivity contribution < 1.29 is 9.53 Å². The van der Waals surface area contributed by atoms with Crippen LogP contribution in [-0.2, 0) is 4.74 Å². The zero-order valence-corrected chi connectivity index (χ0v) is 13.6. The maximum Gasteiger partial charge on any atom is 0.351 e. The number of anilines is 1. The van der Waals surface area contributed by atoms with Crippen LogP contribution in [0.15, 0.2) is 0 Å². The Morgan fingerprint density at radius 1 is 1.29 bits per heavy atom. The molecule has 0 spiro atoms. The van der Waals surface area contributed by atoms with Crippen molar-refractivity contribution in [3.8, 4) is 0 Å². The number of nitrogens with zero attached hydrogens (tertiary/aromatic N) is 1. The van der Waals surface area contributed by atoms with Gasteiger partial charge in [0.2, 0.25) is 0 Å². The normalized spacial score (nSPS) is 36.8. The Labute approximate surface area is 133 Å². The smallest absolute Gasteiger partial charge is 0.351 e. The number of nitrogens with one attached hydrogen (secondary N) is 1. The number of methoxy groups -OCH3 is 1. The van der Waals surface area contributed by atoms with Crippen LogP contribution in [0.3, 0.4) is 0 Å². The third-order valence-corrected chi connectivity index (χ3v) is 6.70. The van der Waals surface area contributed by atoms with Crippen LogP contribution in [0.1, 0.15) is 48.2 Å². The molecule has 1 heterocycles. The maximum atomic E-state index is 11.6. The summed E-state index contributed by atoms with van der Waals surface area (Å²) in [4.78, 5) is 16.4. The fraction of sp³-hybridized carbons (Fsp3) is 0.733. The third-order valence-electron chi connectivity index (χ3n) is 5.37. The second-order valence-corrected chi connectivity index (χ2v) is 8.31. The molecule has 1 N–H and O–H groups in total. The molecule has 114 valence electrons. The van der Waals surface area contributed by atoms with Crippen LogP contribution in [0.5, 0.6) is 0 Å². The standard InChI is InChI=1S/C15H19ClN2O2S/c1-20-13(19)11-12(16)17-14(21-11)18-15-5-8-2-9(6-15)4-10(3-8)7-15/h8-10H,2-7H2,1H3,(H,17,18). The summed E-state index contributed by atoms with van der Waals surface area (Å²) >= 11 is 7.38. The van der Waals surface area contributed by atoms with E-state index >= 15 is 0 Å². The molecule has 6 heteroatoms. The summed E-state index contributed by atoms with van der Waals surface area (Å²) in [6.07, 6.45) is 7.95. The second kappa shape index (κ2) is 4.85. The predicted octanol–water partition coefficient (Wildman–Crippen LogP) is 3.96. The number of carbonyl (C=O) groups excluding carboxylic acids is 1. The molecule has 4 saturated carbocycles. The number of hydrogen-bond acceptors (Lipinski definition) is 5. The van der Waals surface area contributed by atoms with Gasteiger partial charge in [0, 0.05) is 5.54 Å². The van der Waals surface area contributed by atoms with Gasteiger partial charge in [-0.3, -0.25) is 0 Å². The third kappa shape index (κ3) is 2.34. The summed E-state index contributed by atoms with van der Waals surface area (Å²) in [7, 11) is 1.37. The Morgan fingerprint density at radius 3 is 2.38 bits per heavy atom. The first-order valence-electron chi connectivity index (χ1n) is 7.60. The van der Waals surface area contributed by atoms with E-state index in [1.165, 1.54) is 57.0 Å². The monoisotopic (exact) mass is 326 g/mol. The van der Waals surface area contributed by atoms with Gasteiger partial charge in [0.15, 0.2) is 15.2 Å². The lowest BCUT2D eigenvalue weighted by Gasteiger charge is -2.56. The van der Waals surface area contributed by atoms with E-state index in [1.54, 1.807) is 0 Å². The Balaban J connectivity index is 1.57. The number of esters is 1. The zero-order valence-electron chi connectivity index (χ0n) is 12.0. The lowest BCUT2D eigenvalue weighted by atomic mass is 9.53. The fourth-order valence-corrected chi connectivity index (χ4v) is 6.29. The molecule has 21 heavy (non-hydrogen) atoms. The average molecular weight is 327 g/mol. The largest absolute Gasteiger partial charge is 0.465 e. The van der Waals surface area contributed by atoms with E-state index in [4.69, 9.17) is 16.3 Å². The number of aromatic nitrogens is 1. The number of carbonyl (C=O) groups is 1. The van der Waals surface area contributed by atoms with Gasteiger partial charge in [0.1, 0.15) is 0 Å². The van der Waals surface area contributed by atoms with Crippen molar-refractivity contribution in [3.63, 3.8) is 0 Å². The molecule has 1 aromatic heterocycles. The molecule has 0 unspecified atom stereocenters. The van der Waals surface area contributed by atoms with Crippen LogP contribution < -0.4 is 5.32 Å². The molecular formula is C15H19ClN2O2S.